The highest BCUT2D eigenvalue weighted by atomic mass is 32.2. The number of benzene rings is 2. The van der Waals surface area contributed by atoms with Crippen LogP contribution in [0.15, 0.2) is 60.7 Å². The molecule has 1 saturated heterocycles. The van der Waals surface area contributed by atoms with Crippen molar-refractivity contribution >= 4 is 35.5 Å². The third kappa shape index (κ3) is 7.56. The number of thioether (sulfide) groups is 1. The van der Waals surface area contributed by atoms with Gasteiger partial charge in [-0.2, -0.15) is 0 Å². The van der Waals surface area contributed by atoms with Gasteiger partial charge in [0.25, 0.3) is 5.91 Å². The maximum absolute atomic E-state index is 13.2. The SMILES string of the molecule is CC(=O)N1CCC[C@H]1C(=O)N[C@@H](CSC(c1ccccc1)c1ccccc1)[C@@H](O)C(=O)N[C@@H](CO)C(=O)O. The summed E-state index contributed by atoms with van der Waals surface area (Å²) < 4.78 is 0. The summed E-state index contributed by atoms with van der Waals surface area (Å²) in [6.45, 7) is 0.961. The largest absolute Gasteiger partial charge is 0.480 e. The Hall–Kier alpha value is -3.41. The van der Waals surface area contributed by atoms with Gasteiger partial charge in [0, 0.05) is 19.2 Å². The molecule has 0 saturated carbocycles. The minimum atomic E-state index is -1.81. The summed E-state index contributed by atoms with van der Waals surface area (Å²) >= 11 is 1.40. The van der Waals surface area contributed by atoms with Crippen molar-refractivity contribution in [3.8, 4) is 0 Å². The molecule has 4 atom stereocenters. The summed E-state index contributed by atoms with van der Waals surface area (Å²) in [5, 5.41) is 34.0. The van der Waals surface area contributed by atoms with Crippen LogP contribution in [0.4, 0.5) is 0 Å². The number of nitrogens with one attached hydrogen (secondary N) is 2. The Morgan fingerprint density at radius 3 is 2.08 bits per heavy atom. The Balaban J connectivity index is 1.84. The molecule has 1 fully saturated rings. The predicted octanol–water partition coefficient (Wildman–Crippen LogP) is 0.928. The zero-order valence-corrected chi connectivity index (χ0v) is 21.8. The molecule has 1 aliphatic rings. The van der Waals surface area contributed by atoms with Crippen LogP contribution < -0.4 is 10.6 Å². The summed E-state index contributed by atoms with van der Waals surface area (Å²) in [6, 6.07) is 15.8. The van der Waals surface area contributed by atoms with Gasteiger partial charge < -0.3 is 30.9 Å². The molecule has 0 spiro atoms. The first-order valence-electron chi connectivity index (χ1n) is 12.3. The first kappa shape index (κ1) is 29.2. The topological polar surface area (TPSA) is 156 Å². The number of carbonyl (C=O) groups excluding carboxylic acids is 3. The van der Waals surface area contributed by atoms with E-state index in [-0.39, 0.29) is 16.9 Å². The summed E-state index contributed by atoms with van der Waals surface area (Å²) in [4.78, 5) is 50.6. The summed E-state index contributed by atoms with van der Waals surface area (Å²) in [7, 11) is 0. The molecule has 1 aliphatic heterocycles. The fraction of sp³-hybridized carbons (Fsp3) is 0.407. The minimum absolute atomic E-state index is 0.0957. The van der Waals surface area contributed by atoms with Gasteiger partial charge in [-0.25, -0.2) is 4.79 Å². The van der Waals surface area contributed by atoms with E-state index in [1.165, 1.54) is 23.6 Å². The van der Waals surface area contributed by atoms with Crippen molar-refractivity contribution in [3.05, 3.63) is 71.8 Å². The molecule has 0 aromatic heterocycles. The number of rotatable bonds is 12. The van der Waals surface area contributed by atoms with Crippen molar-refractivity contribution < 1.29 is 34.5 Å². The van der Waals surface area contributed by atoms with Crippen molar-refractivity contribution in [1.29, 1.82) is 0 Å². The number of amides is 3. The van der Waals surface area contributed by atoms with Crippen LogP contribution in [0.3, 0.4) is 0 Å². The molecule has 0 aliphatic carbocycles. The van der Waals surface area contributed by atoms with Crippen molar-refractivity contribution in [3.63, 3.8) is 0 Å². The van der Waals surface area contributed by atoms with Gasteiger partial charge in [0.15, 0.2) is 6.10 Å². The monoisotopic (exact) mass is 543 g/mol. The van der Waals surface area contributed by atoms with E-state index in [1.54, 1.807) is 0 Å². The zero-order chi connectivity index (χ0) is 27.7. The zero-order valence-electron chi connectivity index (χ0n) is 21.0. The van der Waals surface area contributed by atoms with Crippen LogP contribution in [0, 0.1) is 0 Å². The van der Waals surface area contributed by atoms with Crippen molar-refractivity contribution in [2.75, 3.05) is 18.9 Å². The maximum atomic E-state index is 13.2. The molecule has 0 unspecified atom stereocenters. The lowest BCUT2D eigenvalue weighted by Crippen LogP contribution is -2.57. The van der Waals surface area contributed by atoms with E-state index < -0.39 is 48.6 Å². The highest BCUT2D eigenvalue weighted by Gasteiger charge is 2.37. The van der Waals surface area contributed by atoms with Gasteiger partial charge >= 0.3 is 5.97 Å². The van der Waals surface area contributed by atoms with E-state index in [0.717, 1.165) is 11.1 Å². The summed E-state index contributed by atoms with van der Waals surface area (Å²) in [6.07, 6.45) is -0.698. The minimum Gasteiger partial charge on any atom is -0.480 e. The number of carboxylic acid groups (broad SMARTS) is 1. The fourth-order valence-electron chi connectivity index (χ4n) is 4.37. The van der Waals surface area contributed by atoms with Crippen LogP contribution in [-0.4, -0.2) is 87.0 Å². The van der Waals surface area contributed by atoms with E-state index in [0.29, 0.717) is 19.4 Å². The Morgan fingerprint density at radius 1 is 1.00 bits per heavy atom. The van der Waals surface area contributed by atoms with E-state index in [4.69, 9.17) is 0 Å². The van der Waals surface area contributed by atoms with Crippen LogP contribution in [0.2, 0.25) is 0 Å². The predicted molar refractivity (Wildman–Crippen MR) is 142 cm³/mol. The third-order valence-electron chi connectivity index (χ3n) is 6.38. The number of hydrogen-bond acceptors (Lipinski definition) is 7. The number of likely N-dealkylation sites (tertiary alicyclic amines) is 1. The van der Waals surface area contributed by atoms with Crippen molar-refractivity contribution in [1.82, 2.24) is 15.5 Å². The molecule has 0 radical (unpaired) electrons. The Bertz CT molecular complexity index is 1060. The smallest absolute Gasteiger partial charge is 0.328 e. The molecule has 2 aromatic rings. The van der Waals surface area contributed by atoms with Crippen molar-refractivity contribution in [2.24, 2.45) is 0 Å². The Labute approximate surface area is 225 Å². The van der Waals surface area contributed by atoms with E-state index in [9.17, 15) is 34.5 Å². The number of aliphatic carboxylic acids is 1. The summed E-state index contributed by atoms with van der Waals surface area (Å²) in [5.74, 6) is -3.14. The summed E-state index contributed by atoms with van der Waals surface area (Å²) in [5.41, 5.74) is 1.97. The molecule has 1 heterocycles. The second-order valence-corrected chi connectivity index (χ2v) is 10.2. The number of nitrogens with zero attached hydrogens (tertiary/aromatic N) is 1. The van der Waals surface area contributed by atoms with Gasteiger partial charge in [0.2, 0.25) is 11.8 Å². The lowest BCUT2D eigenvalue weighted by atomic mass is 10.0. The average molecular weight is 544 g/mol. The van der Waals surface area contributed by atoms with Crippen LogP contribution in [-0.2, 0) is 19.2 Å². The maximum Gasteiger partial charge on any atom is 0.328 e. The molecular formula is C27H33N3O7S. The average Bonchev–Trinajstić information content (AvgIpc) is 3.42. The fourth-order valence-corrected chi connectivity index (χ4v) is 5.74. The van der Waals surface area contributed by atoms with E-state index >= 15 is 0 Å². The first-order chi connectivity index (χ1) is 18.2. The standard InChI is InChI=1S/C27H33N3O7S/c1-17(32)30-14-8-13-22(30)25(34)29-21(23(33)26(35)28-20(15-31)27(36)37)16-38-24(18-9-4-2-5-10-18)19-11-6-3-7-12-19/h2-7,9-12,20-24,31,33H,8,13-16H2,1H3,(H,28,35)(H,29,34)(H,36,37)/t20-,21-,22-,23+/m0/s1. The molecule has 11 heteroatoms. The van der Waals surface area contributed by atoms with Crippen LogP contribution in [0.5, 0.6) is 0 Å². The quantitative estimate of drug-likeness (QED) is 0.265. The number of carbonyl (C=O) groups is 4. The number of aliphatic hydroxyl groups excluding tert-OH is 2. The third-order valence-corrected chi connectivity index (χ3v) is 7.81. The molecule has 3 amide bonds. The van der Waals surface area contributed by atoms with Gasteiger partial charge in [-0.3, -0.25) is 14.4 Å². The number of aliphatic hydroxyl groups is 2. The van der Waals surface area contributed by atoms with Crippen molar-refractivity contribution in [2.45, 2.75) is 49.2 Å². The lowest BCUT2D eigenvalue weighted by Gasteiger charge is -2.29. The highest BCUT2D eigenvalue weighted by Crippen LogP contribution is 2.36. The van der Waals surface area contributed by atoms with Crippen LogP contribution >= 0.6 is 11.8 Å². The number of hydrogen-bond donors (Lipinski definition) is 5. The second-order valence-electron chi connectivity index (χ2n) is 9.05. The molecule has 10 nitrogen and oxygen atoms in total. The molecule has 0 bridgehead atoms. The molecule has 3 rings (SSSR count). The van der Waals surface area contributed by atoms with Gasteiger partial charge in [-0.05, 0) is 24.0 Å². The van der Waals surface area contributed by atoms with Gasteiger partial charge in [0.05, 0.1) is 17.9 Å². The first-order valence-corrected chi connectivity index (χ1v) is 13.4. The molecule has 38 heavy (non-hydrogen) atoms. The van der Waals surface area contributed by atoms with E-state index in [2.05, 4.69) is 10.6 Å². The molecule has 204 valence electrons. The van der Waals surface area contributed by atoms with Gasteiger partial charge in [-0.1, -0.05) is 60.7 Å². The lowest BCUT2D eigenvalue weighted by molar-refractivity contribution is -0.145. The van der Waals surface area contributed by atoms with E-state index in [1.807, 2.05) is 60.7 Å². The van der Waals surface area contributed by atoms with Crippen LogP contribution in [0.25, 0.3) is 0 Å². The second kappa shape index (κ2) is 13.9. The normalized spacial score (nSPS) is 17.5. The van der Waals surface area contributed by atoms with Gasteiger partial charge in [0.1, 0.15) is 12.1 Å². The Kier molecular flexibility index (Phi) is 10.7. The van der Waals surface area contributed by atoms with Gasteiger partial charge in [-0.15, -0.1) is 11.8 Å². The molecule has 5 N–H and O–H groups in total. The van der Waals surface area contributed by atoms with Crippen LogP contribution in [0.1, 0.15) is 36.1 Å². The highest BCUT2D eigenvalue weighted by molar-refractivity contribution is 7.99. The molecule has 2 aromatic carbocycles. The molecular weight excluding hydrogens is 510 g/mol. The Morgan fingerprint density at radius 2 is 1.58 bits per heavy atom. The number of carboxylic acids is 1.